The molecular formula is C21H22N6O2. The average Bonchev–Trinajstić information content (AvgIpc) is 3.48. The zero-order valence-electron chi connectivity index (χ0n) is 16.3. The van der Waals surface area contributed by atoms with E-state index in [-0.39, 0.29) is 17.7 Å². The summed E-state index contributed by atoms with van der Waals surface area (Å²) < 4.78 is 5.27. The van der Waals surface area contributed by atoms with Crippen molar-refractivity contribution in [1.82, 2.24) is 15.0 Å². The van der Waals surface area contributed by atoms with Gasteiger partial charge in [-0.3, -0.25) is 9.78 Å². The Hall–Kier alpha value is -3.39. The molecule has 0 aromatic carbocycles. The first-order chi connectivity index (χ1) is 14.1. The lowest BCUT2D eigenvalue weighted by molar-refractivity contribution is -0.117. The molecule has 0 bridgehead atoms. The molecule has 1 saturated carbocycles. The van der Waals surface area contributed by atoms with E-state index in [9.17, 15) is 4.79 Å². The smallest absolute Gasteiger partial charge is 0.229 e. The summed E-state index contributed by atoms with van der Waals surface area (Å²) in [5.74, 6) is 0.995. The molecule has 1 aliphatic rings. The highest BCUT2D eigenvalue weighted by atomic mass is 16.5. The molecule has 0 unspecified atom stereocenters. The van der Waals surface area contributed by atoms with Crippen LogP contribution in [0.25, 0.3) is 22.0 Å². The van der Waals surface area contributed by atoms with Gasteiger partial charge in [0.2, 0.25) is 5.91 Å². The molecule has 3 heterocycles. The first kappa shape index (κ1) is 18.9. The SMILES string of the molecule is CN=C[C@H]1C[C@@H]1C(=O)Nc1cc2cc(-c3cnccc3COC)nc(N)c2cn1. The first-order valence-corrected chi connectivity index (χ1v) is 9.32. The molecule has 1 amide bonds. The molecule has 3 N–H and O–H groups in total. The number of carbonyl (C=O) groups is 1. The molecular weight excluding hydrogens is 368 g/mol. The molecule has 1 aliphatic carbocycles. The van der Waals surface area contributed by atoms with E-state index in [1.807, 2.05) is 24.4 Å². The van der Waals surface area contributed by atoms with Gasteiger partial charge in [0.15, 0.2) is 0 Å². The Kier molecular flexibility index (Phi) is 5.18. The molecule has 0 aliphatic heterocycles. The maximum atomic E-state index is 12.4. The minimum Gasteiger partial charge on any atom is -0.383 e. The second-order valence-electron chi connectivity index (χ2n) is 7.05. The topological polar surface area (TPSA) is 115 Å². The van der Waals surface area contributed by atoms with E-state index >= 15 is 0 Å². The number of ether oxygens (including phenoxy) is 1. The van der Waals surface area contributed by atoms with Crippen LogP contribution in [0.1, 0.15) is 12.0 Å². The van der Waals surface area contributed by atoms with Crippen LogP contribution in [0.3, 0.4) is 0 Å². The predicted octanol–water partition coefficient (Wildman–Crippen LogP) is 2.70. The van der Waals surface area contributed by atoms with Crippen LogP contribution >= 0.6 is 0 Å². The van der Waals surface area contributed by atoms with Gasteiger partial charge in [0.05, 0.1) is 12.3 Å². The zero-order valence-corrected chi connectivity index (χ0v) is 16.3. The standard InChI is InChI=1S/C21H22N6O2/c1-23-8-14-5-15(14)21(28)27-19-7-13-6-18(26-20(22)17(13)10-25-19)16-9-24-4-3-12(16)11-29-2/h3-4,6-10,14-15H,5,11H2,1-2H3,(H2,22,26)(H,25,27,28)/t14-,15+/m1/s1. The third-order valence-electron chi connectivity index (χ3n) is 5.00. The van der Waals surface area contributed by atoms with Crippen LogP contribution in [0, 0.1) is 11.8 Å². The van der Waals surface area contributed by atoms with Crippen LogP contribution in [0.2, 0.25) is 0 Å². The number of rotatable bonds is 6. The molecule has 1 fully saturated rings. The lowest BCUT2D eigenvalue weighted by Gasteiger charge is -2.11. The highest BCUT2D eigenvalue weighted by molar-refractivity contribution is 5.99. The first-order valence-electron chi connectivity index (χ1n) is 9.32. The van der Waals surface area contributed by atoms with Crippen molar-refractivity contribution in [3.63, 3.8) is 0 Å². The summed E-state index contributed by atoms with van der Waals surface area (Å²) in [7, 11) is 3.36. The van der Waals surface area contributed by atoms with Crippen molar-refractivity contribution < 1.29 is 9.53 Å². The Balaban J connectivity index is 1.65. The fourth-order valence-electron chi connectivity index (χ4n) is 3.41. The molecule has 4 rings (SSSR count). The van der Waals surface area contributed by atoms with Crippen LogP contribution in [0.4, 0.5) is 11.6 Å². The van der Waals surface area contributed by atoms with Gasteiger partial charge in [-0.15, -0.1) is 0 Å². The number of hydrogen-bond acceptors (Lipinski definition) is 7. The number of nitrogens with zero attached hydrogens (tertiary/aromatic N) is 4. The van der Waals surface area contributed by atoms with Crippen molar-refractivity contribution in [2.45, 2.75) is 13.0 Å². The van der Waals surface area contributed by atoms with Crippen LogP contribution in [0.15, 0.2) is 41.8 Å². The number of aromatic nitrogens is 3. The second-order valence-corrected chi connectivity index (χ2v) is 7.05. The molecule has 3 aromatic rings. The minimum atomic E-state index is -0.0429. The van der Waals surface area contributed by atoms with Crippen LogP contribution in [-0.2, 0) is 16.1 Å². The number of nitrogen functional groups attached to an aromatic ring is 1. The third kappa shape index (κ3) is 3.93. The summed E-state index contributed by atoms with van der Waals surface area (Å²) in [6.45, 7) is 0.443. The van der Waals surface area contributed by atoms with Crippen molar-refractivity contribution in [2.24, 2.45) is 16.8 Å². The quantitative estimate of drug-likeness (QED) is 0.625. The number of aliphatic imine (C=N–C) groups is 1. The van der Waals surface area contributed by atoms with E-state index in [1.54, 1.807) is 32.7 Å². The Labute approximate surface area is 168 Å². The molecule has 8 nitrogen and oxygen atoms in total. The van der Waals surface area contributed by atoms with Gasteiger partial charge in [-0.25, -0.2) is 9.97 Å². The zero-order chi connectivity index (χ0) is 20.4. The molecule has 0 saturated heterocycles. The minimum absolute atomic E-state index is 0.0405. The van der Waals surface area contributed by atoms with Crippen molar-refractivity contribution in [1.29, 1.82) is 0 Å². The maximum Gasteiger partial charge on any atom is 0.229 e. The number of anilines is 2. The molecule has 0 radical (unpaired) electrons. The molecule has 3 aromatic heterocycles. The van der Waals surface area contributed by atoms with Gasteiger partial charge in [0, 0.05) is 61.7 Å². The number of nitrogens with two attached hydrogens (primary N) is 1. The lowest BCUT2D eigenvalue weighted by Crippen LogP contribution is -2.16. The van der Waals surface area contributed by atoms with E-state index in [2.05, 4.69) is 25.3 Å². The van der Waals surface area contributed by atoms with Gasteiger partial charge in [-0.05, 0) is 35.6 Å². The van der Waals surface area contributed by atoms with E-state index in [0.717, 1.165) is 28.3 Å². The van der Waals surface area contributed by atoms with E-state index < -0.39 is 0 Å². The van der Waals surface area contributed by atoms with Gasteiger partial charge < -0.3 is 20.8 Å². The average molecular weight is 390 g/mol. The number of fused-ring (bicyclic) bond motifs is 1. The molecule has 29 heavy (non-hydrogen) atoms. The monoisotopic (exact) mass is 390 g/mol. The summed E-state index contributed by atoms with van der Waals surface area (Å²) in [6, 6.07) is 5.63. The summed E-state index contributed by atoms with van der Waals surface area (Å²) in [4.78, 5) is 29.4. The Morgan fingerprint density at radius 3 is 3.07 bits per heavy atom. The van der Waals surface area contributed by atoms with Gasteiger partial charge in [0.1, 0.15) is 11.6 Å². The molecule has 0 spiro atoms. The molecule has 2 atom stereocenters. The number of hydrogen-bond donors (Lipinski definition) is 2. The van der Waals surface area contributed by atoms with E-state index in [0.29, 0.717) is 23.9 Å². The summed E-state index contributed by atoms with van der Waals surface area (Å²) in [5, 5.41) is 4.46. The van der Waals surface area contributed by atoms with Gasteiger partial charge in [0.25, 0.3) is 0 Å². The summed E-state index contributed by atoms with van der Waals surface area (Å²) in [6.07, 6.45) is 7.74. The number of carbonyl (C=O) groups excluding carboxylic acids is 1. The Morgan fingerprint density at radius 2 is 2.28 bits per heavy atom. The van der Waals surface area contributed by atoms with Crippen LogP contribution in [-0.4, -0.2) is 41.2 Å². The highest BCUT2D eigenvalue weighted by Gasteiger charge is 2.41. The Bertz CT molecular complexity index is 1100. The highest BCUT2D eigenvalue weighted by Crippen LogP contribution is 2.38. The fourth-order valence-corrected chi connectivity index (χ4v) is 3.41. The van der Waals surface area contributed by atoms with E-state index in [4.69, 9.17) is 10.5 Å². The summed E-state index contributed by atoms with van der Waals surface area (Å²) >= 11 is 0. The third-order valence-corrected chi connectivity index (χ3v) is 5.00. The largest absolute Gasteiger partial charge is 0.383 e. The molecule has 8 heteroatoms. The van der Waals surface area contributed by atoms with Gasteiger partial charge >= 0.3 is 0 Å². The van der Waals surface area contributed by atoms with Crippen LogP contribution in [0.5, 0.6) is 0 Å². The predicted molar refractivity (Wildman–Crippen MR) is 113 cm³/mol. The maximum absolute atomic E-state index is 12.4. The van der Waals surface area contributed by atoms with Crippen molar-refractivity contribution >= 4 is 34.5 Å². The number of amides is 1. The second kappa shape index (κ2) is 7.92. The number of pyridine rings is 3. The van der Waals surface area contributed by atoms with E-state index in [1.165, 1.54) is 0 Å². The number of methoxy groups -OCH3 is 1. The number of nitrogens with one attached hydrogen (secondary N) is 1. The van der Waals surface area contributed by atoms with Crippen molar-refractivity contribution in [3.05, 3.63) is 42.4 Å². The molecule has 148 valence electrons. The normalized spacial score (nSPS) is 18.3. The Morgan fingerprint density at radius 1 is 1.41 bits per heavy atom. The van der Waals surface area contributed by atoms with Crippen molar-refractivity contribution in [3.8, 4) is 11.3 Å². The van der Waals surface area contributed by atoms with Crippen molar-refractivity contribution in [2.75, 3.05) is 25.2 Å². The fraction of sp³-hybridized carbons (Fsp3) is 0.286. The van der Waals surface area contributed by atoms with Gasteiger partial charge in [-0.2, -0.15) is 0 Å². The van der Waals surface area contributed by atoms with Gasteiger partial charge in [-0.1, -0.05) is 0 Å². The van der Waals surface area contributed by atoms with Crippen LogP contribution < -0.4 is 11.1 Å². The lowest BCUT2D eigenvalue weighted by atomic mass is 10.0. The summed E-state index contributed by atoms with van der Waals surface area (Å²) in [5.41, 5.74) is 8.69.